The number of rotatable bonds is 2. The lowest BCUT2D eigenvalue weighted by Gasteiger charge is -2.25. The summed E-state index contributed by atoms with van der Waals surface area (Å²) in [4.78, 5) is 24.6. The van der Waals surface area contributed by atoms with Crippen LogP contribution in [0.2, 0.25) is 0 Å². The van der Waals surface area contributed by atoms with Crippen LogP contribution in [-0.4, -0.2) is 33.0 Å². The highest BCUT2D eigenvalue weighted by atomic mass is 127. The summed E-state index contributed by atoms with van der Waals surface area (Å²) in [5.41, 5.74) is 2.63. The second kappa shape index (κ2) is 5.42. The van der Waals surface area contributed by atoms with E-state index in [4.69, 9.17) is 0 Å². The van der Waals surface area contributed by atoms with Gasteiger partial charge in [-0.2, -0.15) is 0 Å². The summed E-state index contributed by atoms with van der Waals surface area (Å²) in [5, 5.41) is 0. The van der Waals surface area contributed by atoms with Gasteiger partial charge in [0.25, 0.3) is 11.8 Å². The van der Waals surface area contributed by atoms with Gasteiger partial charge in [0.05, 0.1) is 26.8 Å². The smallest absolute Gasteiger partial charge is 0.258 e. The van der Waals surface area contributed by atoms with Gasteiger partial charge in [0.1, 0.15) is 5.69 Å². The Morgan fingerprint density at radius 2 is 1.53 bits per heavy atom. The first-order valence-corrected chi connectivity index (χ1v) is 5.79. The van der Waals surface area contributed by atoms with E-state index in [1.54, 1.807) is 0 Å². The fraction of sp³-hybridized carbons (Fsp3) is 0.286. The van der Waals surface area contributed by atoms with Gasteiger partial charge in [-0.25, -0.2) is 4.90 Å². The Balaban J connectivity index is 0.00000180. The van der Waals surface area contributed by atoms with Crippen molar-refractivity contribution >= 4 is 23.2 Å². The van der Waals surface area contributed by atoms with Gasteiger partial charge < -0.3 is 24.0 Å². The summed E-state index contributed by atoms with van der Waals surface area (Å²) in [6.07, 6.45) is 2.61. The highest BCUT2D eigenvalue weighted by molar-refractivity contribution is 6.28. The van der Waals surface area contributed by atoms with Gasteiger partial charge in [-0.1, -0.05) is 6.07 Å². The van der Waals surface area contributed by atoms with Gasteiger partial charge in [-0.15, -0.1) is 0 Å². The molecule has 0 aromatic heterocycles. The summed E-state index contributed by atoms with van der Waals surface area (Å²) in [6, 6.07) is 5.85. The molecule has 0 saturated carbocycles. The first kappa shape index (κ1) is 15.8. The molecule has 4 nitrogen and oxygen atoms in total. The quantitative estimate of drug-likeness (QED) is 0.365. The number of hydrogen-bond donors (Lipinski definition) is 0. The first-order chi connectivity index (χ1) is 8.30. The Bertz CT molecular complexity index is 541. The standard InChI is InChI=1S/C14H17N2O2.HI/c1-10-5-6-11(16(2,3)4)9-12(10)15-13(17)7-8-14(15)18;/h5-9H,1-4H3;1H/q+1;/p-1. The fourth-order valence-electron chi connectivity index (χ4n) is 1.89. The molecule has 2 rings (SSSR count). The molecule has 19 heavy (non-hydrogen) atoms. The number of carbonyl (C=O) groups is 2. The van der Waals surface area contributed by atoms with E-state index < -0.39 is 0 Å². The van der Waals surface area contributed by atoms with Crippen molar-refractivity contribution < 1.29 is 33.6 Å². The van der Waals surface area contributed by atoms with Crippen LogP contribution in [0.15, 0.2) is 30.4 Å². The highest BCUT2D eigenvalue weighted by Crippen LogP contribution is 2.29. The molecular formula is C14H17IN2O2. The molecule has 0 radical (unpaired) electrons. The first-order valence-electron chi connectivity index (χ1n) is 5.79. The number of halogens is 1. The minimum Gasteiger partial charge on any atom is -1.00 e. The molecular weight excluding hydrogens is 355 g/mol. The number of aryl methyl sites for hydroxylation is 1. The summed E-state index contributed by atoms with van der Waals surface area (Å²) in [7, 11) is 6.13. The van der Waals surface area contributed by atoms with Crippen LogP contribution in [0, 0.1) is 6.92 Å². The van der Waals surface area contributed by atoms with Crippen LogP contribution in [-0.2, 0) is 9.59 Å². The van der Waals surface area contributed by atoms with Crippen molar-refractivity contribution in [1.82, 2.24) is 4.48 Å². The van der Waals surface area contributed by atoms with E-state index in [0.29, 0.717) is 10.2 Å². The second-order valence-electron chi connectivity index (χ2n) is 5.33. The van der Waals surface area contributed by atoms with Crippen molar-refractivity contribution in [2.24, 2.45) is 0 Å². The Morgan fingerprint density at radius 1 is 1.00 bits per heavy atom. The zero-order valence-corrected chi connectivity index (χ0v) is 13.6. The van der Waals surface area contributed by atoms with Crippen LogP contribution in [0.25, 0.3) is 0 Å². The van der Waals surface area contributed by atoms with Crippen LogP contribution in [0.3, 0.4) is 0 Å². The number of amides is 2. The predicted octanol–water partition coefficient (Wildman–Crippen LogP) is -1.37. The van der Waals surface area contributed by atoms with Gasteiger partial charge in [0, 0.05) is 18.2 Å². The maximum Gasteiger partial charge on any atom is 0.258 e. The number of imide groups is 1. The van der Waals surface area contributed by atoms with Crippen molar-refractivity contribution in [3.63, 3.8) is 0 Å². The van der Waals surface area contributed by atoms with Crippen LogP contribution in [0.4, 0.5) is 11.4 Å². The minimum absolute atomic E-state index is 0. The molecule has 0 aliphatic carbocycles. The van der Waals surface area contributed by atoms with Crippen LogP contribution in [0.1, 0.15) is 5.56 Å². The molecule has 5 heteroatoms. The SMILES string of the molecule is Cc1ccc([N+](C)(C)C)cc1N1C(=O)C=CC1=O.[I-]. The molecule has 0 fully saturated rings. The summed E-state index contributed by atoms with van der Waals surface area (Å²) in [6.45, 7) is 1.90. The maximum absolute atomic E-state index is 11.7. The molecule has 0 bridgehead atoms. The van der Waals surface area contributed by atoms with Crippen molar-refractivity contribution in [3.8, 4) is 0 Å². The fourth-order valence-corrected chi connectivity index (χ4v) is 1.89. The van der Waals surface area contributed by atoms with Crippen molar-refractivity contribution in [2.45, 2.75) is 6.92 Å². The van der Waals surface area contributed by atoms with E-state index in [-0.39, 0.29) is 35.8 Å². The van der Waals surface area contributed by atoms with Crippen molar-refractivity contribution in [2.75, 3.05) is 26.0 Å². The largest absolute Gasteiger partial charge is 1.00 e. The average molecular weight is 372 g/mol. The van der Waals surface area contributed by atoms with E-state index in [0.717, 1.165) is 11.3 Å². The number of nitrogens with zero attached hydrogens (tertiary/aromatic N) is 2. The third-order valence-electron chi connectivity index (χ3n) is 3.02. The van der Waals surface area contributed by atoms with E-state index in [9.17, 15) is 9.59 Å². The molecule has 1 heterocycles. The molecule has 1 aliphatic rings. The summed E-state index contributed by atoms with van der Waals surface area (Å²) in [5.74, 6) is -0.552. The average Bonchev–Trinajstić information content (AvgIpc) is 2.58. The summed E-state index contributed by atoms with van der Waals surface area (Å²) >= 11 is 0. The van der Waals surface area contributed by atoms with E-state index >= 15 is 0 Å². The van der Waals surface area contributed by atoms with Crippen LogP contribution >= 0.6 is 0 Å². The molecule has 0 spiro atoms. The summed E-state index contributed by atoms with van der Waals surface area (Å²) < 4.78 is 0.636. The molecule has 102 valence electrons. The van der Waals surface area contributed by atoms with Crippen molar-refractivity contribution in [3.05, 3.63) is 35.9 Å². The maximum atomic E-state index is 11.7. The Labute approximate surface area is 130 Å². The number of hydrogen-bond acceptors (Lipinski definition) is 2. The third kappa shape index (κ3) is 3.03. The third-order valence-corrected chi connectivity index (χ3v) is 3.02. The second-order valence-corrected chi connectivity index (χ2v) is 5.33. The molecule has 1 aromatic carbocycles. The molecule has 0 N–H and O–H groups in total. The Kier molecular flexibility index (Phi) is 4.52. The highest BCUT2D eigenvalue weighted by Gasteiger charge is 2.27. The molecule has 0 atom stereocenters. The lowest BCUT2D eigenvalue weighted by Crippen LogP contribution is -3.00. The normalized spacial score (nSPS) is 14.8. The van der Waals surface area contributed by atoms with Gasteiger partial charge in [-0.3, -0.25) is 14.1 Å². The number of anilines is 1. The van der Waals surface area contributed by atoms with Crippen molar-refractivity contribution in [1.29, 1.82) is 0 Å². The monoisotopic (exact) mass is 372 g/mol. The molecule has 0 saturated heterocycles. The van der Waals surface area contributed by atoms with Gasteiger partial charge >= 0.3 is 0 Å². The predicted molar refractivity (Wildman–Crippen MR) is 72.4 cm³/mol. The lowest BCUT2D eigenvalue weighted by atomic mass is 10.1. The zero-order chi connectivity index (χ0) is 13.5. The van der Waals surface area contributed by atoms with Gasteiger partial charge in [0.15, 0.2) is 0 Å². The molecule has 2 amide bonds. The van der Waals surface area contributed by atoms with E-state index in [2.05, 4.69) is 0 Å². The van der Waals surface area contributed by atoms with Crippen LogP contribution < -0.4 is 33.4 Å². The molecule has 0 unspecified atom stereocenters. The zero-order valence-electron chi connectivity index (χ0n) is 11.5. The molecule has 1 aromatic rings. The number of carbonyl (C=O) groups excluding carboxylic acids is 2. The Morgan fingerprint density at radius 3 is 2.00 bits per heavy atom. The van der Waals surface area contributed by atoms with Gasteiger partial charge in [0.2, 0.25) is 0 Å². The van der Waals surface area contributed by atoms with Gasteiger partial charge in [-0.05, 0) is 18.6 Å². The number of quaternary nitrogens is 1. The topological polar surface area (TPSA) is 37.4 Å². The van der Waals surface area contributed by atoms with E-state index in [1.165, 1.54) is 17.1 Å². The Hall–Kier alpha value is -1.21. The van der Waals surface area contributed by atoms with E-state index in [1.807, 2.05) is 46.3 Å². The van der Waals surface area contributed by atoms with Crippen LogP contribution in [0.5, 0.6) is 0 Å². The minimum atomic E-state index is -0.276. The molecule has 1 aliphatic heterocycles. The number of benzene rings is 1. The lowest BCUT2D eigenvalue weighted by molar-refractivity contribution is -0.120.